The molecule has 1 saturated heterocycles. The van der Waals surface area contributed by atoms with E-state index in [9.17, 15) is 14.4 Å². The molecule has 0 aromatic heterocycles. The quantitative estimate of drug-likeness (QED) is 0.232. The van der Waals surface area contributed by atoms with Crippen molar-refractivity contribution in [3.05, 3.63) is 91.5 Å². The second-order valence-corrected chi connectivity index (χ2v) is 10.0. The van der Waals surface area contributed by atoms with E-state index in [1.165, 1.54) is 13.2 Å². The highest BCUT2D eigenvalue weighted by Gasteiger charge is 2.35. The van der Waals surface area contributed by atoms with Crippen LogP contribution in [-0.4, -0.2) is 36.4 Å². The van der Waals surface area contributed by atoms with Crippen molar-refractivity contribution < 1.29 is 23.9 Å². The number of carbonyl (C=O) groups is 3. The number of anilines is 1. The highest BCUT2D eigenvalue weighted by atomic mass is 79.9. The summed E-state index contributed by atoms with van der Waals surface area (Å²) in [7, 11) is 1.49. The summed E-state index contributed by atoms with van der Waals surface area (Å²) in [6.07, 6.45) is 1.49. The van der Waals surface area contributed by atoms with Crippen LogP contribution in [0.3, 0.4) is 0 Å². The minimum atomic E-state index is -0.690. The van der Waals surface area contributed by atoms with Crippen LogP contribution in [0, 0.1) is 6.92 Å². The number of nitrogens with one attached hydrogen (secondary N) is 2. The lowest BCUT2D eigenvalue weighted by Gasteiger charge is -2.13. The number of ether oxygens (including phenoxy) is 2. The Bertz CT molecular complexity index is 1440. The predicted molar refractivity (Wildman–Crippen MR) is 150 cm³/mol. The van der Waals surface area contributed by atoms with Crippen molar-refractivity contribution in [3.8, 4) is 11.5 Å². The van der Waals surface area contributed by atoms with Gasteiger partial charge in [0.25, 0.3) is 5.91 Å². The van der Waals surface area contributed by atoms with Crippen molar-refractivity contribution >= 4 is 68.7 Å². The second kappa shape index (κ2) is 11.9. The monoisotopic (exact) mass is 617 g/mol. The van der Waals surface area contributed by atoms with E-state index >= 15 is 0 Å². The molecule has 0 aliphatic carbocycles. The van der Waals surface area contributed by atoms with Gasteiger partial charge in [-0.15, -0.1) is 0 Å². The summed E-state index contributed by atoms with van der Waals surface area (Å²) in [6, 6.07) is 15.0. The number of amides is 4. The molecule has 4 rings (SSSR count). The highest BCUT2D eigenvalue weighted by molar-refractivity contribution is 9.10. The molecule has 0 saturated carbocycles. The lowest BCUT2D eigenvalue weighted by Crippen LogP contribution is -2.38. The van der Waals surface area contributed by atoms with Crippen LogP contribution in [-0.2, 0) is 16.2 Å². The number of halogens is 3. The molecule has 8 nitrogen and oxygen atoms in total. The summed E-state index contributed by atoms with van der Waals surface area (Å²) >= 11 is 15.5. The van der Waals surface area contributed by atoms with Crippen molar-refractivity contribution in [1.29, 1.82) is 0 Å². The molecule has 0 bridgehead atoms. The Morgan fingerprint density at radius 1 is 1.05 bits per heavy atom. The van der Waals surface area contributed by atoms with Gasteiger partial charge in [0.2, 0.25) is 5.91 Å². The van der Waals surface area contributed by atoms with Crippen LogP contribution in [0.4, 0.5) is 10.5 Å². The van der Waals surface area contributed by atoms with Gasteiger partial charge >= 0.3 is 6.03 Å². The first kappa shape index (κ1) is 27.5. The van der Waals surface area contributed by atoms with Crippen molar-refractivity contribution in [2.45, 2.75) is 13.5 Å². The van der Waals surface area contributed by atoms with Crippen molar-refractivity contribution in [3.63, 3.8) is 0 Å². The molecule has 1 aliphatic heterocycles. The van der Waals surface area contributed by atoms with Crippen LogP contribution >= 0.6 is 39.1 Å². The minimum Gasteiger partial charge on any atom is -0.493 e. The minimum absolute atomic E-state index is 0.0189. The molecule has 1 heterocycles. The number of methoxy groups -OCH3 is 1. The number of hydrogen-bond acceptors (Lipinski definition) is 5. The van der Waals surface area contributed by atoms with Crippen molar-refractivity contribution in [1.82, 2.24) is 10.2 Å². The van der Waals surface area contributed by atoms with E-state index in [2.05, 4.69) is 26.6 Å². The maximum atomic E-state index is 12.9. The van der Waals surface area contributed by atoms with Crippen LogP contribution in [0.25, 0.3) is 6.08 Å². The number of rotatable bonds is 8. The van der Waals surface area contributed by atoms with Gasteiger partial charge in [-0.2, -0.15) is 0 Å². The third-order valence-corrected chi connectivity index (χ3v) is 6.99. The third-order valence-electron chi connectivity index (χ3n) is 5.56. The Balaban J connectivity index is 1.47. The molecule has 0 spiro atoms. The molecule has 3 aromatic carbocycles. The van der Waals surface area contributed by atoms with Crippen LogP contribution in [0.2, 0.25) is 10.0 Å². The van der Waals surface area contributed by atoms with E-state index in [0.29, 0.717) is 37.3 Å². The Morgan fingerprint density at radius 2 is 1.79 bits per heavy atom. The van der Waals surface area contributed by atoms with E-state index < -0.39 is 24.4 Å². The van der Waals surface area contributed by atoms with E-state index in [4.69, 9.17) is 32.7 Å². The number of imide groups is 1. The van der Waals surface area contributed by atoms with Crippen LogP contribution < -0.4 is 20.1 Å². The molecule has 0 atom stereocenters. The summed E-state index contributed by atoms with van der Waals surface area (Å²) in [5.74, 6) is -0.264. The fraction of sp³-hybridized carbons (Fsp3) is 0.148. The molecule has 1 fully saturated rings. The van der Waals surface area contributed by atoms with Crippen molar-refractivity contribution in [2.24, 2.45) is 0 Å². The van der Waals surface area contributed by atoms with Crippen LogP contribution in [0.15, 0.2) is 64.8 Å². The molecule has 3 aromatic rings. The summed E-state index contributed by atoms with van der Waals surface area (Å²) in [6.45, 7) is 1.72. The Kier molecular flexibility index (Phi) is 8.61. The summed E-state index contributed by atoms with van der Waals surface area (Å²) in [5, 5.41) is 6.07. The SMILES string of the molecule is COc1cc(/C=C2/NC(=O)N(CC(=O)Nc3ccc(C)cc3)C2=O)c(Br)cc1OCc1ccc(Cl)c(Cl)c1. The molecule has 1 aliphatic rings. The molecule has 0 unspecified atom stereocenters. The van der Waals surface area contributed by atoms with Gasteiger partial charge < -0.3 is 20.1 Å². The van der Waals surface area contributed by atoms with Gasteiger partial charge in [-0.05, 0) is 60.5 Å². The van der Waals surface area contributed by atoms with Crippen molar-refractivity contribution in [2.75, 3.05) is 19.0 Å². The Hall–Kier alpha value is -3.53. The zero-order valence-electron chi connectivity index (χ0n) is 20.3. The van der Waals surface area contributed by atoms with Gasteiger partial charge in [0.15, 0.2) is 11.5 Å². The normalized spacial score (nSPS) is 14.0. The summed E-state index contributed by atoms with van der Waals surface area (Å²) in [5.41, 5.74) is 3.00. The number of urea groups is 1. The standard InChI is InChI=1S/C27H22BrCl2N3O5/c1-15-3-6-18(7-4-15)31-25(34)13-33-26(35)22(32-27(33)36)10-17-11-23(37-2)24(12-19(17)28)38-14-16-5-8-20(29)21(30)9-16/h3-12H,13-14H2,1-2H3,(H,31,34)(H,32,36)/b22-10+. The largest absolute Gasteiger partial charge is 0.493 e. The smallest absolute Gasteiger partial charge is 0.329 e. The van der Waals surface area contributed by atoms with E-state index in [1.807, 2.05) is 19.1 Å². The van der Waals surface area contributed by atoms with E-state index in [-0.39, 0.29) is 12.3 Å². The Morgan fingerprint density at radius 3 is 2.47 bits per heavy atom. The number of aryl methyl sites for hydroxylation is 1. The zero-order chi connectivity index (χ0) is 27.4. The second-order valence-electron chi connectivity index (χ2n) is 8.36. The molecule has 38 heavy (non-hydrogen) atoms. The molecular weight excluding hydrogens is 597 g/mol. The lowest BCUT2D eigenvalue weighted by molar-refractivity contribution is -0.127. The number of nitrogens with zero attached hydrogens (tertiary/aromatic N) is 1. The molecule has 2 N–H and O–H groups in total. The van der Waals surface area contributed by atoms with Gasteiger partial charge in [-0.25, -0.2) is 9.69 Å². The topological polar surface area (TPSA) is 97.0 Å². The maximum absolute atomic E-state index is 12.9. The summed E-state index contributed by atoms with van der Waals surface area (Å²) in [4.78, 5) is 38.6. The van der Waals surface area contributed by atoms with Gasteiger partial charge in [-0.1, -0.05) is 62.9 Å². The Labute approximate surface area is 237 Å². The average molecular weight is 619 g/mol. The molecule has 11 heteroatoms. The first-order valence-electron chi connectivity index (χ1n) is 11.3. The maximum Gasteiger partial charge on any atom is 0.329 e. The van der Waals surface area contributed by atoms with Gasteiger partial charge in [-0.3, -0.25) is 9.59 Å². The van der Waals surface area contributed by atoms with E-state index in [1.54, 1.807) is 42.5 Å². The molecule has 196 valence electrons. The lowest BCUT2D eigenvalue weighted by atomic mass is 10.1. The van der Waals surface area contributed by atoms with Crippen LogP contribution in [0.1, 0.15) is 16.7 Å². The number of carbonyl (C=O) groups excluding carboxylic acids is 3. The summed E-state index contributed by atoms with van der Waals surface area (Å²) < 4.78 is 12.0. The molecular formula is C27H22BrCl2N3O5. The van der Waals surface area contributed by atoms with Crippen LogP contribution in [0.5, 0.6) is 11.5 Å². The van der Waals surface area contributed by atoms with Gasteiger partial charge in [0, 0.05) is 10.2 Å². The highest BCUT2D eigenvalue weighted by Crippen LogP contribution is 2.35. The number of hydrogen-bond donors (Lipinski definition) is 2. The third kappa shape index (κ3) is 6.48. The number of benzene rings is 3. The zero-order valence-corrected chi connectivity index (χ0v) is 23.4. The fourth-order valence-electron chi connectivity index (χ4n) is 3.58. The molecule has 0 radical (unpaired) electrons. The predicted octanol–water partition coefficient (Wildman–Crippen LogP) is 6.18. The molecule has 4 amide bonds. The first-order chi connectivity index (χ1) is 18.1. The average Bonchev–Trinajstić information content (AvgIpc) is 3.14. The van der Waals surface area contributed by atoms with E-state index in [0.717, 1.165) is 16.0 Å². The first-order valence-corrected chi connectivity index (χ1v) is 12.8. The van der Waals surface area contributed by atoms with Gasteiger partial charge in [0.05, 0.1) is 17.2 Å². The fourth-order valence-corrected chi connectivity index (χ4v) is 4.33. The van der Waals surface area contributed by atoms with Gasteiger partial charge in [0.1, 0.15) is 18.8 Å².